The summed E-state index contributed by atoms with van der Waals surface area (Å²) in [5.74, 6) is 0.405. The van der Waals surface area contributed by atoms with E-state index >= 15 is 0 Å². The first kappa shape index (κ1) is 11.9. The molecule has 15 heavy (non-hydrogen) atoms. The van der Waals surface area contributed by atoms with Crippen LogP contribution in [-0.4, -0.2) is 18.3 Å². The van der Waals surface area contributed by atoms with E-state index in [1.54, 1.807) is 19.1 Å². The highest BCUT2D eigenvalue weighted by atomic mass is 32.1. The van der Waals surface area contributed by atoms with Gasteiger partial charge < -0.3 is 4.74 Å². The van der Waals surface area contributed by atoms with Crippen molar-refractivity contribution < 1.29 is 9.53 Å². The maximum Gasteiger partial charge on any atom is 0.338 e. The van der Waals surface area contributed by atoms with Gasteiger partial charge in [-0.2, -0.15) is 12.6 Å². The molecule has 0 unspecified atom stereocenters. The van der Waals surface area contributed by atoms with E-state index in [-0.39, 0.29) is 5.97 Å². The third-order valence-electron chi connectivity index (χ3n) is 1.81. The fourth-order valence-corrected chi connectivity index (χ4v) is 1.28. The van der Waals surface area contributed by atoms with Gasteiger partial charge in [0.2, 0.25) is 0 Å². The van der Waals surface area contributed by atoms with Gasteiger partial charge in [-0.3, -0.25) is 0 Å². The van der Waals surface area contributed by atoms with Gasteiger partial charge in [-0.1, -0.05) is 24.3 Å². The summed E-state index contributed by atoms with van der Waals surface area (Å²) >= 11 is 4.07. The van der Waals surface area contributed by atoms with Gasteiger partial charge in [0.25, 0.3) is 0 Å². The van der Waals surface area contributed by atoms with Gasteiger partial charge >= 0.3 is 5.97 Å². The van der Waals surface area contributed by atoms with Crippen LogP contribution >= 0.6 is 12.6 Å². The minimum absolute atomic E-state index is 0.279. The summed E-state index contributed by atoms with van der Waals surface area (Å²) < 4.78 is 4.91. The summed E-state index contributed by atoms with van der Waals surface area (Å²) in [5, 5.41) is 0. The third kappa shape index (κ3) is 3.80. The van der Waals surface area contributed by atoms with E-state index in [0.29, 0.717) is 17.9 Å². The highest BCUT2D eigenvalue weighted by molar-refractivity contribution is 7.80. The fraction of sp³-hybridized carbons (Fsp3) is 0.250. The Morgan fingerprint density at radius 3 is 3.00 bits per heavy atom. The van der Waals surface area contributed by atoms with Gasteiger partial charge in [0, 0.05) is 5.75 Å². The molecule has 0 radical (unpaired) electrons. The monoisotopic (exact) mass is 222 g/mol. The Labute approximate surface area is 95.4 Å². The lowest BCUT2D eigenvalue weighted by atomic mass is 10.1. The smallest absolute Gasteiger partial charge is 0.338 e. The maximum absolute atomic E-state index is 11.4. The van der Waals surface area contributed by atoms with Crippen molar-refractivity contribution in [3.05, 3.63) is 41.5 Å². The first-order valence-corrected chi connectivity index (χ1v) is 5.45. The van der Waals surface area contributed by atoms with Gasteiger partial charge in [0.15, 0.2) is 0 Å². The van der Waals surface area contributed by atoms with Crippen LogP contribution in [0.3, 0.4) is 0 Å². The van der Waals surface area contributed by atoms with E-state index in [0.717, 1.165) is 5.56 Å². The van der Waals surface area contributed by atoms with Crippen LogP contribution in [0.4, 0.5) is 0 Å². The molecule has 0 atom stereocenters. The maximum atomic E-state index is 11.4. The molecule has 1 aromatic rings. The van der Waals surface area contributed by atoms with Gasteiger partial charge in [-0.05, 0) is 24.6 Å². The molecule has 0 saturated carbocycles. The van der Waals surface area contributed by atoms with Gasteiger partial charge in [-0.25, -0.2) is 4.79 Å². The van der Waals surface area contributed by atoms with Crippen molar-refractivity contribution in [1.29, 1.82) is 0 Å². The molecule has 0 aliphatic heterocycles. The van der Waals surface area contributed by atoms with Crippen molar-refractivity contribution in [2.24, 2.45) is 0 Å². The molecule has 0 aliphatic carbocycles. The Balaban J connectivity index is 2.82. The zero-order valence-corrected chi connectivity index (χ0v) is 9.54. The summed E-state index contributed by atoms with van der Waals surface area (Å²) in [7, 11) is 0. The normalized spacial score (nSPS) is 10.5. The lowest BCUT2D eigenvalue weighted by molar-refractivity contribution is 0.0526. The Morgan fingerprint density at radius 2 is 2.33 bits per heavy atom. The quantitative estimate of drug-likeness (QED) is 0.626. The summed E-state index contributed by atoms with van der Waals surface area (Å²) in [5.41, 5.74) is 1.56. The number of carbonyl (C=O) groups is 1. The Kier molecular flexibility index (Phi) is 4.98. The van der Waals surface area contributed by atoms with Crippen molar-refractivity contribution >= 4 is 24.7 Å². The third-order valence-corrected chi connectivity index (χ3v) is 2.02. The zero-order chi connectivity index (χ0) is 11.1. The van der Waals surface area contributed by atoms with Gasteiger partial charge in [0.05, 0.1) is 12.2 Å². The van der Waals surface area contributed by atoms with E-state index < -0.39 is 0 Å². The van der Waals surface area contributed by atoms with Crippen molar-refractivity contribution in [2.75, 3.05) is 12.4 Å². The minimum atomic E-state index is -0.279. The van der Waals surface area contributed by atoms with E-state index in [1.165, 1.54) is 0 Å². The highest BCUT2D eigenvalue weighted by Crippen LogP contribution is 2.08. The first-order chi connectivity index (χ1) is 7.27. The number of hydrogen-bond donors (Lipinski definition) is 1. The molecule has 0 N–H and O–H groups in total. The van der Waals surface area contributed by atoms with E-state index in [2.05, 4.69) is 12.6 Å². The molecule has 0 saturated heterocycles. The Morgan fingerprint density at radius 1 is 1.53 bits per heavy atom. The molecule has 0 amide bonds. The first-order valence-electron chi connectivity index (χ1n) is 4.82. The standard InChI is InChI=1S/C12H14O2S/c1-2-14-12(13)11-7-3-5-10(9-11)6-4-8-15/h3-7,9,15H,2,8H2,1H3. The number of benzene rings is 1. The molecular weight excluding hydrogens is 208 g/mol. The number of thiol groups is 1. The molecule has 0 bridgehead atoms. The Hall–Kier alpha value is -1.22. The van der Waals surface area contributed by atoms with Crippen LogP contribution in [0.5, 0.6) is 0 Å². The van der Waals surface area contributed by atoms with Crippen molar-refractivity contribution in [3.63, 3.8) is 0 Å². The molecule has 0 aromatic heterocycles. The van der Waals surface area contributed by atoms with Crippen LogP contribution in [-0.2, 0) is 4.74 Å². The van der Waals surface area contributed by atoms with Crippen LogP contribution in [0.15, 0.2) is 30.3 Å². The second-order valence-corrected chi connectivity index (χ2v) is 3.30. The van der Waals surface area contributed by atoms with E-state index in [1.807, 2.05) is 24.3 Å². The molecule has 80 valence electrons. The molecule has 2 nitrogen and oxygen atoms in total. The molecule has 0 fully saturated rings. The van der Waals surface area contributed by atoms with Crippen LogP contribution in [0, 0.1) is 0 Å². The lowest BCUT2D eigenvalue weighted by Gasteiger charge is -2.02. The lowest BCUT2D eigenvalue weighted by Crippen LogP contribution is -2.04. The van der Waals surface area contributed by atoms with Crippen molar-refractivity contribution in [3.8, 4) is 0 Å². The molecular formula is C12H14O2S. The Bertz CT molecular complexity index is 358. The van der Waals surface area contributed by atoms with Crippen LogP contribution in [0.1, 0.15) is 22.8 Å². The predicted molar refractivity (Wildman–Crippen MR) is 65.3 cm³/mol. The minimum Gasteiger partial charge on any atom is -0.462 e. The van der Waals surface area contributed by atoms with Crippen LogP contribution in [0.25, 0.3) is 6.08 Å². The SMILES string of the molecule is CCOC(=O)c1cccc(C=CCS)c1. The van der Waals surface area contributed by atoms with Crippen LogP contribution < -0.4 is 0 Å². The van der Waals surface area contributed by atoms with Crippen molar-refractivity contribution in [2.45, 2.75) is 6.92 Å². The summed E-state index contributed by atoms with van der Waals surface area (Å²) in [4.78, 5) is 11.4. The average molecular weight is 222 g/mol. The summed E-state index contributed by atoms with van der Waals surface area (Å²) in [6.45, 7) is 2.19. The summed E-state index contributed by atoms with van der Waals surface area (Å²) in [6, 6.07) is 7.32. The summed E-state index contributed by atoms with van der Waals surface area (Å²) in [6.07, 6.45) is 3.85. The molecule has 1 aromatic carbocycles. The number of carbonyl (C=O) groups excluding carboxylic acids is 1. The zero-order valence-electron chi connectivity index (χ0n) is 8.64. The molecule has 0 aliphatic rings. The predicted octanol–water partition coefficient (Wildman–Crippen LogP) is 2.81. The largest absolute Gasteiger partial charge is 0.462 e. The molecule has 1 rings (SSSR count). The fourth-order valence-electron chi connectivity index (χ4n) is 1.17. The molecule has 0 spiro atoms. The van der Waals surface area contributed by atoms with Crippen molar-refractivity contribution in [1.82, 2.24) is 0 Å². The van der Waals surface area contributed by atoms with Gasteiger partial charge in [-0.15, -0.1) is 0 Å². The van der Waals surface area contributed by atoms with E-state index in [9.17, 15) is 4.79 Å². The second-order valence-electron chi connectivity index (χ2n) is 2.93. The highest BCUT2D eigenvalue weighted by Gasteiger charge is 2.05. The van der Waals surface area contributed by atoms with Crippen LogP contribution in [0.2, 0.25) is 0 Å². The average Bonchev–Trinajstić information content (AvgIpc) is 2.27. The number of ether oxygens (including phenoxy) is 1. The van der Waals surface area contributed by atoms with Gasteiger partial charge in [0.1, 0.15) is 0 Å². The molecule has 3 heteroatoms. The number of rotatable bonds is 4. The topological polar surface area (TPSA) is 26.3 Å². The molecule has 0 heterocycles. The van der Waals surface area contributed by atoms with E-state index in [4.69, 9.17) is 4.74 Å². The second kappa shape index (κ2) is 6.30. The number of esters is 1. The number of hydrogen-bond acceptors (Lipinski definition) is 3.